The average molecular weight is 890 g/mol. The van der Waals surface area contributed by atoms with Gasteiger partial charge in [-0.1, -0.05) is 181 Å². The summed E-state index contributed by atoms with van der Waals surface area (Å²) < 4.78 is 25.3. The molecule has 0 aromatic carbocycles. The van der Waals surface area contributed by atoms with Gasteiger partial charge in [0.05, 0.1) is 38.5 Å². The molecule has 14 nitrogen and oxygen atoms in total. The minimum Gasteiger partial charge on any atom is -0.463 e. The zero-order valence-electron chi connectivity index (χ0n) is 39.5. The van der Waals surface area contributed by atoms with E-state index in [0.717, 1.165) is 25.7 Å². The van der Waals surface area contributed by atoms with E-state index in [4.69, 9.17) is 34.5 Å². The van der Waals surface area contributed by atoms with Gasteiger partial charge >= 0.3 is 11.9 Å². The molecule has 362 valence electrons. The van der Waals surface area contributed by atoms with Crippen molar-refractivity contribution in [3.05, 3.63) is 12.7 Å². The number of carbonyl (C=O) groups is 2. The van der Waals surface area contributed by atoms with Crippen LogP contribution in [0.1, 0.15) is 219 Å². The average Bonchev–Trinajstić information content (AvgIpc) is 3.92. The van der Waals surface area contributed by atoms with E-state index in [0.29, 0.717) is 31.0 Å². The smallest absolute Gasteiger partial charge is 0.342 e. The standard InChI is InChI=1S/C49H87N5O9/c1-3-5-7-9-11-13-15-17-19-21-23-25-27-29-33-58-37-42(59-34-30-28-26-24-22-20-18-16-14-12-10-8-6-4-2)38-60-44(56)31-32-45(57)63-62-43-35-41(36-55)61-49(43)54-40-53-46-47(50)51-39-52-48(46)54/h39-43,49,55H,3-38H2,1-2H3,(H2,50,51,52)/t41-,42?,43+,49+/m0/s1. The maximum Gasteiger partial charge on any atom is 0.342 e. The molecular weight excluding hydrogens is 803 g/mol. The van der Waals surface area contributed by atoms with E-state index in [2.05, 4.69) is 28.8 Å². The van der Waals surface area contributed by atoms with Gasteiger partial charge in [0.1, 0.15) is 24.6 Å². The third kappa shape index (κ3) is 24.8. The number of nitrogens with zero attached hydrogens (tertiary/aromatic N) is 4. The molecule has 4 atom stereocenters. The molecule has 3 rings (SSSR count). The molecule has 0 bridgehead atoms. The second-order valence-corrected chi connectivity index (χ2v) is 17.7. The lowest BCUT2D eigenvalue weighted by Crippen LogP contribution is -2.28. The first-order valence-electron chi connectivity index (χ1n) is 25.4. The molecule has 0 spiro atoms. The fourth-order valence-electron chi connectivity index (χ4n) is 8.14. The molecule has 1 saturated heterocycles. The van der Waals surface area contributed by atoms with Crippen molar-refractivity contribution in [1.82, 2.24) is 19.5 Å². The quantitative estimate of drug-likeness (QED) is 0.0278. The van der Waals surface area contributed by atoms with Gasteiger partial charge in [-0.3, -0.25) is 14.2 Å². The van der Waals surface area contributed by atoms with Crippen LogP contribution in [0.3, 0.4) is 0 Å². The number of hydrogen-bond acceptors (Lipinski definition) is 13. The SMILES string of the molecule is CCCCCCCCCCCCCCCCOCC(COC(=O)CCC(=O)OO[C@@H]1C[C@@H](CO)O[C@H]1n1cnc2c(N)ncnc21)OCCCCCCCCCCCCCCCC. The number of hydrogen-bond donors (Lipinski definition) is 2. The number of rotatable bonds is 42. The molecule has 1 fully saturated rings. The second kappa shape index (κ2) is 36.3. The lowest BCUT2D eigenvalue weighted by molar-refractivity contribution is -0.309. The Kier molecular flexibility index (Phi) is 31.4. The van der Waals surface area contributed by atoms with Crippen molar-refractivity contribution in [3.8, 4) is 0 Å². The van der Waals surface area contributed by atoms with Gasteiger partial charge in [-0.25, -0.2) is 19.7 Å². The maximum absolute atomic E-state index is 12.7. The summed E-state index contributed by atoms with van der Waals surface area (Å²) in [6.07, 6.45) is 36.6. The van der Waals surface area contributed by atoms with E-state index in [1.54, 1.807) is 4.57 Å². The van der Waals surface area contributed by atoms with E-state index in [1.807, 2.05) is 0 Å². The van der Waals surface area contributed by atoms with Crippen molar-refractivity contribution < 1.29 is 43.4 Å². The van der Waals surface area contributed by atoms with Crippen molar-refractivity contribution in [2.75, 3.05) is 38.8 Å². The first-order valence-corrected chi connectivity index (χ1v) is 25.4. The van der Waals surface area contributed by atoms with Gasteiger partial charge in [0.25, 0.3) is 0 Å². The molecule has 2 aromatic heterocycles. The van der Waals surface area contributed by atoms with Crippen molar-refractivity contribution in [2.24, 2.45) is 0 Å². The molecule has 0 saturated carbocycles. The van der Waals surface area contributed by atoms with Crippen LogP contribution in [0.25, 0.3) is 11.2 Å². The van der Waals surface area contributed by atoms with Crippen molar-refractivity contribution in [3.63, 3.8) is 0 Å². The summed E-state index contributed by atoms with van der Waals surface area (Å²) in [6.45, 7) is 5.93. The van der Waals surface area contributed by atoms with E-state index >= 15 is 0 Å². The number of unbranched alkanes of at least 4 members (excludes halogenated alkanes) is 26. The summed E-state index contributed by atoms with van der Waals surface area (Å²) >= 11 is 0. The monoisotopic (exact) mass is 890 g/mol. The van der Waals surface area contributed by atoms with Gasteiger partial charge in [-0.05, 0) is 12.8 Å². The fraction of sp³-hybridized carbons (Fsp3) is 0.857. The van der Waals surface area contributed by atoms with Crippen LogP contribution in [0.4, 0.5) is 5.82 Å². The second-order valence-electron chi connectivity index (χ2n) is 17.7. The van der Waals surface area contributed by atoms with Gasteiger partial charge in [0, 0.05) is 19.6 Å². The zero-order chi connectivity index (χ0) is 45.0. The molecule has 3 N–H and O–H groups in total. The summed E-state index contributed by atoms with van der Waals surface area (Å²) in [5.74, 6) is -1.06. The predicted octanol–water partition coefficient (Wildman–Crippen LogP) is 11.2. The van der Waals surface area contributed by atoms with Crippen LogP contribution in [-0.4, -0.2) is 87.9 Å². The molecule has 1 aliphatic rings. The topological polar surface area (TPSA) is 179 Å². The Hall–Kier alpha value is -2.91. The van der Waals surface area contributed by atoms with Crippen LogP contribution in [0.2, 0.25) is 0 Å². The zero-order valence-corrected chi connectivity index (χ0v) is 39.5. The highest BCUT2D eigenvalue weighted by Crippen LogP contribution is 2.33. The van der Waals surface area contributed by atoms with Gasteiger partial charge < -0.3 is 29.8 Å². The number of ether oxygens (including phenoxy) is 4. The van der Waals surface area contributed by atoms with Crippen LogP contribution in [0.5, 0.6) is 0 Å². The number of aromatic nitrogens is 4. The van der Waals surface area contributed by atoms with Gasteiger partial charge in [-0.2, -0.15) is 4.89 Å². The third-order valence-corrected chi connectivity index (χ3v) is 12.0. The molecule has 0 radical (unpaired) electrons. The number of imidazole rings is 1. The largest absolute Gasteiger partial charge is 0.463 e. The molecular formula is C49H87N5O9. The number of nitrogen functional groups attached to an aromatic ring is 1. The molecule has 0 aliphatic carbocycles. The number of carbonyl (C=O) groups excluding carboxylic acids is 2. The van der Waals surface area contributed by atoms with Crippen molar-refractivity contribution >= 4 is 28.9 Å². The van der Waals surface area contributed by atoms with Gasteiger partial charge in [-0.15, -0.1) is 0 Å². The summed E-state index contributed by atoms with van der Waals surface area (Å²) in [5, 5.41) is 9.74. The molecule has 3 heterocycles. The van der Waals surface area contributed by atoms with Crippen LogP contribution in [0, 0.1) is 0 Å². The van der Waals surface area contributed by atoms with Crippen LogP contribution in [-0.2, 0) is 38.3 Å². The molecule has 1 aliphatic heterocycles. The highest BCUT2D eigenvalue weighted by molar-refractivity contribution is 5.81. The fourth-order valence-corrected chi connectivity index (χ4v) is 8.14. The Bertz CT molecular complexity index is 1430. The number of aliphatic hydroxyl groups excluding tert-OH is 1. The molecule has 2 aromatic rings. The lowest BCUT2D eigenvalue weighted by Gasteiger charge is -2.19. The number of fused-ring (bicyclic) bond motifs is 1. The van der Waals surface area contributed by atoms with Crippen LogP contribution in [0.15, 0.2) is 12.7 Å². The molecule has 1 unspecified atom stereocenters. The third-order valence-electron chi connectivity index (χ3n) is 12.0. The van der Waals surface area contributed by atoms with E-state index in [9.17, 15) is 14.7 Å². The minimum absolute atomic E-state index is 0.0539. The van der Waals surface area contributed by atoms with Crippen LogP contribution >= 0.6 is 0 Å². The predicted molar refractivity (Wildman–Crippen MR) is 248 cm³/mol. The Labute approximate surface area is 379 Å². The van der Waals surface area contributed by atoms with Gasteiger partial charge in [0.15, 0.2) is 23.8 Å². The Morgan fingerprint density at radius 3 is 1.75 bits per heavy atom. The number of aliphatic hydroxyl groups is 1. The van der Waals surface area contributed by atoms with Crippen molar-refractivity contribution in [1.29, 1.82) is 0 Å². The number of anilines is 1. The maximum atomic E-state index is 12.7. The molecule has 63 heavy (non-hydrogen) atoms. The highest BCUT2D eigenvalue weighted by Gasteiger charge is 2.40. The minimum atomic E-state index is -0.794. The molecule has 0 amide bonds. The number of esters is 1. The van der Waals surface area contributed by atoms with Gasteiger partial charge in [0.2, 0.25) is 0 Å². The summed E-state index contributed by atoms with van der Waals surface area (Å²) in [4.78, 5) is 48.4. The summed E-state index contributed by atoms with van der Waals surface area (Å²) in [6, 6.07) is 0. The first kappa shape index (κ1) is 54.4. The van der Waals surface area contributed by atoms with Crippen LogP contribution < -0.4 is 5.73 Å². The number of nitrogens with two attached hydrogens (primary N) is 1. The normalized spacial score (nSPS) is 16.8. The first-order chi connectivity index (χ1) is 31.0. The van der Waals surface area contributed by atoms with Crippen molar-refractivity contribution in [2.45, 2.75) is 237 Å². The Morgan fingerprint density at radius 1 is 0.698 bits per heavy atom. The van der Waals surface area contributed by atoms with E-state index < -0.39 is 30.4 Å². The molecule has 14 heteroatoms. The van der Waals surface area contributed by atoms with E-state index in [1.165, 1.54) is 167 Å². The van der Waals surface area contributed by atoms with E-state index in [-0.39, 0.29) is 44.4 Å². The Balaban J connectivity index is 1.31. The lowest BCUT2D eigenvalue weighted by atomic mass is 10.0. The Morgan fingerprint density at radius 2 is 1.21 bits per heavy atom. The summed E-state index contributed by atoms with van der Waals surface area (Å²) in [5.41, 5.74) is 6.74. The summed E-state index contributed by atoms with van der Waals surface area (Å²) in [7, 11) is 0. The highest BCUT2D eigenvalue weighted by atomic mass is 17.2.